The lowest BCUT2D eigenvalue weighted by molar-refractivity contribution is -0.143. The van der Waals surface area contributed by atoms with Crippen molar-refractivity contribution >= 4 is 128 Å². The first kappa shape index (κ1) is 70.9. The van der Waals surface area contributed by atoms with Crippen LogP contribution in [0.25, 0.3) is 0 Å². The summed E-state index contributed by atoms with van der Waals surface area (Å²) in [5.74, 6) is -5.93. The van der Waals surface area contributed by atoms with Crippen LogP contribution in [0.3, 0.4) is 0 Å². The van der Waals surface area contributed by atoms with E-state index in [4.69, 9.17) is 26.2 Å². The number of fused-ring (bicyclic) bond motifs is 8. The minimum atomic E-state index is -4.75. The van der Waals surface area contributed by atoms with E-state index >= 15 is 0 Å². The van der Waals surface area contributed by atoms with Crippen molar-refractivity contribution < 1.29 is 89.3 Å². The van der Waals surface area contributed by atoms with Gasteiger partial charge in [0.25, 0.3) is 0 Å². The third-order valence-corrected chi connectivity index (χ3v) is 21.8. The molecule has 9 rings (SSSR count). The number of carboxylic acid groups (broad SMARTS) is 2. The second kappa shape index (κ2) is 30.1. The molecule has 0 amide bonds. The number of benzene rings is 8. The molecular formula is C66H56Br4O20S4. The van der Waals surface area contributed by atoms with Gasteiger partial charge in [-0.05, 0) is 251 Å². The number of rotatable bonds is 24. The van der Waals surface area contributed by atoms with Gasteiger partial charge in [-0.1, -0.05) is 77.6 Å². The van der Waals surface area contributed by atoms with E-state index in [9.17, 15) is 63.1 Å². The Morgan fingerprint density at radius 2 is 0.532 bits per heavy atom. The molecule has 1 aliphatic rings. The van der Waals surface area contributed by atoms with Crippen molar-refractivity contribution in [2.75, 3.05) is 13.2 Å². The lowest BCUT2D eigenvalue weighted by Gasteiger charge is -2.24. The first-order chi connectivity index (χ1) is 44.5. The van der Waals surface area contributed by atoms with Crippen molar-refractivity contribution in [2.24, 2.45) is 0 Å². The number of carbonyl (C=O) groups excluding carboxylic acids is 2. The molecular weight excluding hydrogens is 1560 g/mol. The number of carboxylic acids is 2. The van der Waals surface area contributed by atoms with E-state index < -0.39 is 127 Å². The second-order valence-corrected chi connectivity index (χ2v) is 31.3. The van der Waals surface area contributed by atoms with Gasteiger partial charge in [0.15, 0.2) is 0 Å². The molecule has 28 heteroatoms. The van der Waals surface area contributed by atoms with Gasteiger partial charge in [-0.25, -0.2) is 0 Å². The number of esters is 2. The average molecular weight is 1620 g/mol. The van der Waals surface area contributed by atoms with Crippen LogP contribution in [-0.4, -0.2) is 81.0 Å². The van der Waals surface area contributed by atoms with E-state index in [0.717, 1.165) is 0 Å². The van der Waals surface area contributed by atoms with Crippen LogP contribution in [-0.2, 0) is 120 Å². The fourth-order valence-corrected chi connectivity index (χ4v) is 15.2. The first-order valence-corrected chi connectivity index (χ1v) is 37.4. The molecule has 8 bridgehead atoms. The van der Waals surface area contributed by atoms with Crippen molar-refractivity contribution in [3.8, 4) is 23.0 Å². The highest BCUT2D eigenvalue weighted by atomic mass is 79.9. The lowest BCUT2D eigenvalue weighted by Crippen LogP contribution is -2.18. The van der Waals surface area contributed by atoms with Gasteiger partial charge in [0.05, 0.1) is 38.9 Å². The monoisotopic (exact) mass is 1610 g/mol. The second-order valence-electron chi connectivity index (χ2n) is 21.5. The zero-order chi connectivity index (χ0) is 67.9. The predicted molar refractivity (Wildman–Crippen MR) is 357 cm³/mol. The maximum absolute atomic E-state index is 14.4. The number of aliphatic carboxylic acids is 2. The van der Waals surface area contributed by atoms with Gasteiger partial charge in [0.2, 0.25) is 0 Å². The van der Waals surface area contributed by atoms with E-state index in [0.29, 0.717) is 30.7 Å². The van der Waals surface area contributed by atoms with Crippen LogP contribution < -0.4 is 16.7 Å². The molecule has 0 saturated carbocycles. The summed E-state index contributed by atoms with van der Waals surface area (Å²) in [6.07, 6.45) is -3.92. The van der Waals surface area contributed by atoms with Crippen molar-refractivity contribution in [3.63, 3.8) is 0 Å². The Morgan fingerprint density at radius 3 is 0.713 bits per heavy atom. The van der Waals surface area contributed by atoms with E-state index in [1.54, 1.807) is 13.8 Å². The Labute approximate surface area is 576 Å². The summed E-state index contributed by atoms with van der Waals surface area (Å²) < 4.78 is 152. The summed E-state index contributed by atoms with van der Waals surface area (Å²) in [6.45, 7) is 3.45. The highest BCUT2D eigenvalue weighted by Gasteiger charge is 2.30. The zero-order valence-electron chi connectivity index (χ0n) is 49.7. The van der Waals surface area contributed by atoms with E-state index in [2.05, 4.69) is 63.7 Å². The molecule has 8 aromatic rings. The maximum atomic E-state index is 14.4. The molecule has 0 aromatic heterocycles. The highest BCUT2D eigenvalue weighted by molar-refractivity contribution is 9.11. The summed E-state index contributed by atoms with van der Waals surface area (Å²) in [5, 5.41) is 21.7. The van der Waals surface area contributed by atoms with Gasteiger partial charge < -0.3 is 36.4 Å². The Morgan fingerprint density at radius 1 is 0.340 bits per heavy atom. The van der Waals surface area contributed by atoms with Gasteiger partial charge in [-0.3, -0.25) is 19.2 Å². The third-order valence-electron chi connectivity index (χ3n) is 14.6. The molecule has 0 radical (unpaired) electrons. The van der Waals surface area contributed by atoms with Crippen LogP contribution in [0.5, 0.6) is 23.0 Å². The number of hydrogen-bond donors (Lipinski definition) is 2. The van der Waals surface area contributed by atoms with Crippen LogP contribution in [0.4, 0.5) is 0 Å². The van der Waals surface area contributed by atoms with Crippen molar-refractivity contribution in [3.05, 3.63) is 230 Å². The minimum Gasteiger partial charge on any atom is -0.481 e. The third kappa shape index (κ3) is 18.1. The fraction of sp³-hybridized carbons (Fsp3) is 0.212. The van der Waals surface area contributed by atoms with Crippen molar-refractivity contribution in [1.82, 2.24) is 0 Å². The lowest BCUT2D eigenvalue weighted by atomic mass is 9.82. The summed E-state index contributed by atoms with van der Waals surface area (Å²) in [7, 11) is -19.0. The van der Waals surface area contributed by atoms with Gasteiger partial charge in [0, 0.05) is 17.9 Å². The van der Waals surface area contributed by atoms with E-state index in [-0.39, 0.29) is 111 Å². The summed E-state index contributed by atoms with van der Waals surface area (Å²) >= 11 is 13.2. The van der Waals surface area contributed by atoms with Gasteiger partial charge in [0.1, 0.15) is 42.6 Å². The first-order valence-electron chi connectivity index (χ1n) is 28.6. The molecule has 8 aromatic carbocycles. The van der Waals surface area contributed by atoms with Crippen molar-refractivity contribution in [2.45, 2.75) is 97.6 Å². The topological polar surface area (TPSA) is 301 Å². The van der Waals surface area contributed by atoms with Crippen LogP contribution >= 0.6 is 63.7 Å². The molecule has 0 fully saturated rings. The Kier molecular flexibility index (Phi) is 22.7. The Hall–Kier alpha value is -7.44. The number of ether oxygens (including phenoxy) is 2. The molecule has 94 heavy (non-hydrogen) atoms. The van der Waals surface area contributed by atoms with E-state index in [1.165, 1.54) is 146 Å². The van der Waals surface area contributed by atoms with Gasteiger partial charge in [-0.2, -0.15) is 33.7 Å². The smallest absolute Gasteiger partial charge is 0.339 e. The molecule has 0 atom stereocenters. The molecule has 2 N–H and O–H groups in total. The molecule has 0 heterocycles. The molecule has 0 saturated heterocycles. The van der Waals surface area contributed by atoms with Crippen LogP contribution in [0.2, 0.25) is 0 Å². The van der Waals surface area contributed by atoms with Crippen molar-refractivity contribution in [1.29, 1.82) is 0 Å². The molecule has 0 spiro atoms. The number of halogens is 4. The summed E-state index contributed by atoms with van der Waals surface area (Å²) in [6, 6.07) is 32.1. The fourth-order valence-electron chi connectivity index (χ4n) is 10.5. The standard InChI is InChI=1S/C66H56Br4O20S4/c1-3-21-85-65(75)37-61-43-24-41-29-51(87-91(77,78)55-13-5-47(67)6-14-55)27-39(59(41)35-63(71)72)23-40-28-52(88-92(79,80)56-15-7-48(68)8-16-56)30-42(60(40)36-64(73)74)25-44-32-54(90-94(83,84)58-19-11-50(70)12-20-58)34-46(62(44)38-66(76)86-22-4-2)26-45(61)33-53(31-43)89-93(81,82)57-17-9-49(69)10-18-57/h5-20,27-34H,3-4,21-26,35-38H2,1-2H3,(H,71,72)(H,73,74). The predicted octanol–water partition coefficient (Wildman–Crippen LogP) is 12.7. The van der Waals surface area contributed by atoms with Gasteiger partial charge >= 0.3 is 64.3 Å². The number of hydrogen-bond acceptors (Lipinski definition) is 18. The summed E-state index contributed by atoms with van der Waals surface area (Å²) in [4.78, 5) is 54.0. The quantitative estimate of drug-likeness (QED) is 0.0419. The molecule has 492 valence electrons. The summed E-state index contributed by atoms with van der Waals surface area (Å²) in [5.41, 5.74) is 0.575. The molecule has 20 nitrogen and oxygen atoms in total. The zero-order valence-corrected chi connectivity index (χ0v) is 59.3. The Balaban J connectivity index is 1.42. The SMILES string of the molecule is CCCOC(=O)Cc1c2cc(OS(=O)(=O)c3ccc(Br)cc3)cc1Cc1cc(OS(=O)(=O)c3ccc(Br)cc3)cc(c1CC(=O)OCCC)Cc1cc(OS(=O)(=O)c3ccc(Br)cc3)cc(c1CC(=O)O)Cc1cc(OS(=O)(=O)c3ccc(Br)cc3)cc(c1CC(=O)O)C2. The molecule has 1 aliphatic carbocycles. The number of carbonyl (C=O) groups is 4. The largest absolute Gasteiger partial charge is 0.481 e. The van der Waals surface area contributed by atoms with Gasteiger partial charge in [-0.15, -0.1) is 0 Å². The Bertz CT molecular complexity index is 4420. The maximum Gasteiger partial charge on any atom is 0.339 e. The highest BCUT2D eigenvalue weighted by Crippen LogP contribution is 2.40. The van der Waals surface area contributed by atoms with E-state index in [1.807, 2.05) is 0 Å². The normalized spacial score (nSPS) is 12.5. The molecule has 0 aliphatic heterocycles. The molecule has 0 unspecified atom stereocenters. The van der Waals surface area contributed by atoms with Crippen LogP contribution in [0.15, 0.2) is 183 Å². The minimum absolute atomic E-state index is 0.00801. The van der Waals surface area contributed by atoms with Crippen LogP contribution in [0, 0.1) is 0 Å². The van der Waals surface area contributed by atoms with Crippen LogP contribution in [0.1, 0.15) is 93.5 Å². The average Bonchev–Trinajstić information content (AvgIpc) is 0.972.